The fourth-order valence-electron chi connectivity index (χ4n) is 5.29. The number of hydrogen-bond donors (Lipinski definition) is 0. The Morgan fingerprint density at radius 2 is 1.14 bits per heavy atom. The van der Waals surface area contributed by atoms with Crippen molar-refractivity contribution in [3.63, 3.8) is 0 Å². The van der Waals surface area contributed by atoms with E-state index in [-0.39, 0.29) is 0 Å². The van der Waals surface area contributed by atoms with Gasteiger partial charge in [-0.3, -0.25) is 0 Å². The number of nitrogens with zero attached hydrogens (tertiary/aromatic N) is 2. The Labute approximate surface area is 272 Å². The van der Waals surface area contributed by atoms with Crippen molar-refractivity contribution >= 4 is 11.4 Å². The second-order valence-electron chi connectivity index (χ2n) is 12.0. The van der Waals surface area contributed by atoms with Gasteiger partial charge in [-0.25, -0.2) is 4.70 Å². The van der Waals surface area contributed by atoms with Gasteiger partial charge in [0, 0.05) is 22.8 Å². The van der Waals surface area contributed by atoms with Gasteiger partial charge in [0.15, 0.2) is 0 Å². The average Bonchev–Trinajstić information content (AvgIpc) is 3.37. The maximum absolute atomic E-state index is 11.3. The van der Waals surface area contributed by atoms with E-state index in [1.807, 2.05) is 14.4 Å². The average molecular weight is 630 g/mol. The number of unbranched alkanes of at least 4 members (excludes halogenated alkanes) is 9. The van der Waals surface area contributed by atoms with Crippen molar-refractivity contribution in [2.24, 2.45) is 0 Å². The summed E-state index contributed by atoms with van der Waals surface area (Å²) in [5.74, 6) is 0. The SMILES string of the molecule is CCCCCCCCc1cccc(C2=C(CCCC)C=C(c3ccc(CCCC)cc3)[N+]2=[N-])c1.CCC[CH2][Ni][CH2]CCC. The number of aryl methyl sites for hydroxylation is 2. The van der Waals surface area contributed by atoms with Crippen LogP contribution in [0.15, 0.2) is 60.2 Å². The van der Waals surface area contributed by atoms with E-state index in [1.54, 1.807) is 0 Å². The predicted octanol–water partition coefficient (Wildman–Crippen LogP) is 13.4. The second-order valence-corrected chi connectivity index (χ2v) is 13.5. The number of allylic oxidation sites excluding steroid dienone is 2. The van der Waals surface area contributed by atoms with Crippen LogP contribution in [0.3, 0.4) is 0 Å². The molecule has 0 bridgehead atoms. The molecule has 3 rings (SSSR count). The zero-order valence-corrected chi connectivity index (χ0v) is 29.3. The first kappa shape index (κ1) is 37.2. The van der Waals surface area contributed by atoms with Crippen LogP contribution in [0.2, 0.25) is 10.8 Å². The molecule has 0 saturated carbocycles. The third-order valence-electron chi connectivity index (χ3n) is 8.10. The molecule has 0 spiro atoms. The molecule has 0 fully saturated rings. The van der Waals surface area contributed by atoms with Crippen molar-refractivity contribution in [1.29, 1.82) is 0 Å². The van der Waals surface area contributed by atoms with Gasteiger partial charge in [-0.1, -0.05) is 90.0 Å². The van der Waals surface area contributed by atoms with Gasteiger partial charge in [0.1, 0.15) is 0 Å². The van der Waals surface area contributed by atoms with Gasteiger partial charge in [0.05, 0.1) is 0 Å². The van der Waals surface area contributed by atoms with Gasteiger partial charge in [0.25, 0.3) is 0 Å². The minimum absolute atomic E-state index is 0.893. The van der Waals surface area contributed by atoms with Crippen molar-refractivity contribution in [2.45, 2.75) is 155 Å². The van der Waals surface area contributed by atoms with E-state index in [9.17, 15) is 5.53 Å². The zero-order chi connectivity index (χ0) is 31.1. The number of benzene rings is 2. The quantitative estimate of drug-likeness (QED) is 0.0746. The molecule has 0 atom stereocenters. The van der Waals surface area contributed by atoms with Gasteiger partial charge < -0.3 is 5.53 Å². The summed E-state index contributed by atoms with van der Waals surface area (Å²) in [5.41, 5.74) is 19.4. The Balaban J connectivity index is 0.000000621. The second kappa shape index (κ2) is 23.4. The molecule has 0 unspecified atom stereocenters. The van der Waals surface area contributed by atoms with Gasteiger partial charge in [-0.05, 0) is 73.9 Å². The van der Waals surface area contributed by atoms with Crippen LogP contribution in [-0.2, 0) is 27.3 Å². The van der Waals surface area contributed by atoms with Gasteiger partial charge in [0.2, 0.25) is 11.4 Å². The molecule has 0 radical (unpaired) electrons. The first-order chi connectivity index (χ1) is 21.1. The van der Waals surface area contributed by atoms with Crippen molar-refractivity contribution in [3.05, 3.63) is 88.0 Å². The molecule has 1 aliphatic heterocycles. The van der Waals surface area contributed by atoms with Crippen LogP contribution in [0, 0.1) is 0 Å². The molecule has 0 N–H and O–H groups in total. The molecule has 1 aliphatic rings. The zero-order valence-electron chi connectivity index (χ0n) is 28.3. The summed E-state index contributed by atoms with van der Waals surface area (Å²) in [6.45, 7) is 11.2. The molecular weight excluding hydrogens is 567 g/mol. The van der Waals surface area contributed by atoms with Crippen LogP contribution < -0.4 is 0 Å². The third kappa shape index (κ3) is 14.1. The summed E-state index contributed by atoms with van der Waals surface area (Å²) >= 11 is 1.94. The summed E-state index contributed by atoms with van der Waals surface area (Å²) < 4.78 is 1.44. The fourth-order valence-corrected chi connectivity index (χ4v) is 6.73. The van der Waals surface area contributed by atoms with E-state index >= 15 is 0 Å². The minimum atomic E-state index is 0.893. The van der Waals surface area contributed by atoms with E-state index in [0.29, 0.717) is 0 Å². The fraction of sp³-hybridized carbons (Fsp3) is 0.600. The topological polar surface area (TPSA) is 25.3 Å². The van der Waals surface area contributed by atoms with Crippen molar-refractivity contribution < 1.29 is 19.1 Å². The number of rotatable bonds is 21. The van der Waals surface area contributed by atoms with Gasteiger partial charge in [-0.2, -0.15) is 0 Å². The summed E-state index contributed by atoms with van der Waals surface area (Å²) in [6.07, 6.45) is 23.5. The van der Waals surface area contributed by atoms with Crippen LogP contribution in [0.5, 0.6) is 0 Å². The molecule has 1 heterocycles. The standard InChI is InChI=1S/C32H44N2.2C4H9.Ni/c1-4-7-10-11-12-13-16-27-17-14-19-29(24-27)32-30(18-9-6-3)25-31(34(32)33)28-22-20-26(21-23-28)15-8-5-2;2*1-3-4-2;/h14,17,19-25H,4-13,15-16,18H2,1-3H3;2*1,3-4H2,2H3;. The van der Waals surface area contributed by atoms with Gasteiger partial charge in [-0.15, -0.1) is 0 Å². The maximum atomic E-state index is 11.3. The molecule has 0 saturated heterocycles. The van der Waals surface area contributed by atoms with Crippen LogP contribution in [-0.4, -0.2) is 4.70 Å². The summed E-state index contributed by atoms with van der Waals surface area (Å²) in [5, 5.41) is 2.78. The molecule has 2 nitrogen and oxygen atoms in total. The van der Waals surface area contributed by atoms with Crippen LogP contribution in [0.4, 0.5) is 0 Å². The first-order valence-electron chi connectivity index (χ1n) is 17.7. The van der Waals surface area contributed by atoms with Crippen LogP contribution in [0.1, 0.15) is 153 Å². The monoisotopic (exact) mass is 628 g/mol. The van der Waals surface area contributed by atoms with E-state index < -0.39 is 0 Å². The first-order valence-corrected chi connectivity index (χ1v) is 19.1. The molecule has 0 aliphatic carbocycles. The Morgan fingerprint density at radius 3 is 1.79 bits per heavy atom. The van der Waals surface area contributed by atoms with Crippen molar-refractivity contribution in [2.75, 3.05) is 0 Å². The third-order valence-corrected chi connectivity index (χ3v) is 9.49. The van der Waals surface area contributed by atoms with Crippen LogP contribution >= 0.6 is 0 Å². The Bertz CT molecular complexity index is 1090. The molecule has 43 heavy (non-hydrogen) atoms. The molecule has 2 aromatic rings. The van der Waals surface area contributed by atoms with Gasteiger partial charge >= 0.3 is 64.8 Å². The predicted molar refractivity (Wildman–Crippen MR) is 186 cm³/mol. The normalized spacial score (nSPS) is 13.0. The number of hydrogen-bond acceptors (Lipinski definition) is 0. The molecular formula is C40H62N2Ni. The molecule has 0 aromatic heterocycles. The molecule has 242 valence electrons. The summed E-state index contributed by atoms with van der Waals surface area (Å²) in [6, 6.07) is 17.6. The Morgan fingerprint density at radius 1 is 0.558 bits per heavy atom. The Hall–Kier alpha value is -1.99. The molecule has 2 aromatic carbocycles. The van der Waals surface area contributed by atoms with Crippen LogP contribution in [0.25, 0.3) is 16.9 Å². The van der Waals surface area contributed by atoms with Crippen molar-refractivity contribution in [3.8, 4) is 0 Å². The van der Waals surface area contributed by atoms with E-state index in [1.165, 1.54) is 109 Å². The van der Waals surface area contributed by atoms with E-state index in [4.69, 9.17) is 0 Å². The molecule has 0 amide bonds. The summed E-state index contributed by atoms with van der Waals surface area (Å²) in [7, 11) is 0. The van der Waals surface area contributed by atoms with E-state index in [0.717, 1.165) is 54.6 Å². The van der Waals surface area contributed by atoms with E-state index in [2.05, 4.69) is 89.2 Å². The summed E-state index contributed by atoms with van der Waals surface area (Å²) in [4.78, 5) is 0. The Kier molecular flexibility index (Phi) is 20.2. The molecule has 3 heteroatoms. The van der Waals surface area contributed by atoms with Crippen molar-refractivity contribution in [1.82, 2.24) is 0 Å².